The maximum atomic E-state index is 13.1. The maximum Gasteiger partial charge on any atom is 0.283 e. The molecule has 0 saturated heterocycles. The summed E-state index contributed by atoms with van der Waals surface area (Å²) in [6.45, 7) is 0. The Labute approximate surface area is 229 Å². The molecule has 2 N–H and O–H groups in total. The van der Waals surface area contributed by atoms with Crippen molar-refractivity contribution in [2.45, 2.75) is 0 Å². The molecule has 39 heavy (non-hydrogen) atoms. The summed E-state index contributed by atoms with van der Waals surface area (Å²) in [5.41, 5.74) is 1.61. The molecule has 4 aromatic rings. The minimum absolute atomic E-state index is 0.0796. The Balaban J connectivity index is 1.26. The summed E-state index contributed by atoms with van der Waals surface area (Å²) in [5, 5.41) is 5.48. The van der Waals surface area contributed by atoms with Crippen LogP contribution in [0.1, 0.15) is 10.4 Å². The number of anilines is 3. The van der Waals surface area contributed by atoms with Gasteiger partial charge in [-0.1, -0.05) is 35.9 Å². The Morgan fingerprint density at radius 1 is 0.744 bits per heavy atom. The summed E-state index contributed by atoms with van der Waals surface area (Å²) in [6.07, 6.45) is 0. The van der Waals surface area contributed by atoms with Gasteiger partial charge in [-0.05, 0) is 78.9 Å². The topological polar surface area (TPSA) is 97.0 Å². The van der Waals surface area contributed by atoms with Crippen LogP contribution in [0.4, 0.5) is 17.1 Å². The van der Waals surface area contributed by atoms with Crippen molar-refractivity contribution >= 4 is 46.4 Å². The molecular formula is C30H22ClN3O5. The fourth-order valence-electron chi connectivity index (χ4n) is 3.89. The van der Waals surface area contributed by atoms with Gasteiger partial charge in [-0.15, -0.1) is 0 Å². The first-order valence-corrected chi connectivity index (χ1v) is 12.2. The van der Waals surface area contributed by atoms with Crippen molar-refractivity contribution in [2.24, 2.45) is 0 Å². The Kier molecular flexibility index (Phi) is 7.29. The fourth-order valence-corrected chi connectivity index (χ4v) is 4.11. The van der Waals surface area contributed by atoms with E-state index in [2.05, 4.69) is 10.6 Å². The molecule has 8 nitrogen and oxygen atoms in total. The van der Waals surface area contributed by atoms with Crippen LogP contribution >= 0.6 is 11.6 Å². The van der Waals surface area contributed by atoms with E-state index >= 15 is 0 Å². The number of carbonyl (C=O) groups excluding carboxylic acids is 3. The van der Waals surface area contributed by atoms with Crippen molar-refractivity contribution in [3.63, 3.8) is 0 Å². The number of ether oxygens (including phenoxy) is 2. The van der Waals surface area contributed by atoms with Crippen molar-refractivity contribution in [1.82, 2.24) is 0 Å². The molecule has 0 saturated carbocycles. The van der Waals surface area contributed by atoms with Crippen LogP contribution < -0.4 is 25.0 Å². The molecule has 0 spiro atoms. The highest BCUT2D eigenvalue weighted by molar-refractivity contribution is 6.53. The number of methoxy groups -OCH3 is 1. The predicted molar refractivity (Wildman–Crippen MR) is 149 cm³/mol. The van der Waals surface area contributed by atoms with Gasteiger partial charge in [0.2, 0.25) is 0 Å². The Bertz CT molecular complexity index is 1570. The lowest BCUT2D eigenvalue weighted by molar-refractivity contribution is -0.120. The highest BCUT2D eigenvalue weighted by Crippen LogP contribution is 2.31. The molecule has 4 aromatic carbocycles. The van der Waals surface area contributed by atoms with Crippen LogP contribution in [-0.4, -0.2) is 24.8 Å². The number of nitrogens with one attached hydrogen (secondary N) is 2. The van der Waals surface area contributed by atoms with Gasteiger partial charge in [0.05, 0.1) is 12.8 Å². The number of carbonyl (C=O) groups is 3. The van der Waals surface area contributed by atoms with E-state index in [9.17, 15) is 14.4 Å². The van der Waals surface area contributed by atoms with Crippen molar-refractivity contribution in [3.8, 4) is 17.2 Å². The Morgan fingerprint density at radius 2 is 1.41 bits per heavy atom. The number of amides is 3. The lowest BCUT2D eigenvalue weighted by atomic mass is 10.1. The molecule has 0 atom stereocenters. The smallest absolute Gasteiger partial charge is 0.283 e. The van der Waals surface area contributed by atoms with E-state index in [0.29, 0.717) is 39.9 Å². The molecule has 9 heteroatoms. The summed E-state index contributed by atoms with van der Waals surface area (Å²) in [6, 6.07) is 29.3. The first kappa shape index (κ1) is 25.6. The van der Waals surface area contributed by atoms with E-state index in [-0.39, 0.29) is 16.6 Å². The van der Waals surface area contributed by atoms with Gasteiger partial charge in [0.1, 0.15) is 28.0 Å². The summed E-state index contributed by atoms with van der Waals surface area (Å²) >= 11 is 6.24. The van der Waals surface area contributed by atoms with Crippen molar-refractivity contribution < 1.29 is 23.9 Å². The summed E-state index contributed by atoms with van der Waals surface area (Å²) in [5.74, 6) is 0.315. The summed E-state index contributed by atoms with van der Waals surface area (Å²) in [4.78, 5) is 39.7. The van der Waals surface area contributed by atoms with Gasteiger partial charge in [-0.2, -0.15) is 0 Å². The molecule has 0 unspecified atom stereocenters. The predicted octanol–water partition coefficient (Wildman–Crippen LogP) is 6.18. The highest BCUT2D eigenvalue weighted by atomic mass is 35.5. The maximum absolute atomic E-state index is 13.1. The molecular weight excluding hydrogens is 518 g/mol. The zero-order valence-electron chi connectivity index (χ0n) is 20.7. The minimum atomic E-state index is -0.650. The lowest BCUT2D eigenvalue weighted by Crippen LogP contribution is -2.32. The molecule has 1 aliphatic heterocycles. The van der Waals surface area contributed by atoms with Crippen molar-refractivity contribution in [2.75, 3.05) is 22.6 Å². The third kappa shape index (κ3) is 5.61. The second kappa shape index (κ2) is 11.1. The third-order valence-electron chi connectivity index (χ3n) is 5.84. The minimum Gasteiger partial charge on any atom is -0.497 e. The van der Waals surface area contributed by atoms with Crippen LogP contribution in [0.25, 0.3) is 0 Å². The number of rotatable bonds is 8. The van der Waals surface area contributed by atoms with Crippen LogP contribution in [-0.2, 0) is 9.59 Å². The molecule has 3 amide bonds. The molecule has 5 rings (SSSR count). The van der Waals surface area contributed by atoms with Crippen molar-refractivity contribution in [1.29, 1.82) is 0 Å². The number of para-hydroxylation sites is 1. The van der Waals surface area contributed by atoms with E-state index in [4.69, 9.17) is 21.1 Å². The van der Waals surface area contributed by atoms with Crippen LogP contribution in [0.2, 0.25) is 0 Å². The van der Waals surface area contributed by atoms with Gasteiger partial charge in [0.15, 0.2) is 0 Å². The fraction of sp³-hybridized carbons (Fsp3) is 0.0333. The average molecular weight is 540 g/mol. The third-order valence-corrected chi connectivity index (χ3v) is 6.19. The van der Waals surface area contributed by atoms with E-state index in [0.717, 1.165) is 4.90 Å². The molecule has 1 heterocycles. The zero-order chi connectivity index (χ0) is 27.4. The number of nitrogens with zero attached hydrogens (tertiary/aromatic N) is 1. The monoisotopic (exact) mass is 539 g/mol. The Morgan fingerprint density at radius 3 is 2.10 bits per heavy atom. The number of halogens is 1. The average Bonchev–Trinajstić information content (AvgIpc) is 3.17. The normalized spacial score (nSPS) is 12.9. The zero-order valence-corrected chi connectivity index (χ0v) is 21.4. The molecule has 0 aliphatic carbocycles. The van der Waals surface area contributed by atoms with Gasteiger partial charge in [0, 0.05) is 16.9 Å². The van der Waals surface area contributed by atoms with Crippen LogP contribution in [0.3, 0.4) is 0 Å². The van der Waals surface area contributed by atoms with Crippen LogP contribution in [0.5, 0.6) is 17.2 Å². The van der Waals surface area contributed by atoms with Crippen molar-refractivity contribution in [3.05, 3.63) is 119 Å². The number of hydrogen-bond acceptors (Lipinski definition) is 6. The first-order valence-electron chi connectivity index (χ1n) is 11.9. The van der Waals surface area contributed by atoms with Gasteiger partial charge in [0.25, 0.3) is 17.7 Å². The van der Waals surface area contributed by atoms with Gasteiger partial charge >= 0.3 is 0 Å². The molecule has 0 fully saturated rings. The SMILES string of the molecule is COc1ccc(N2C(=O)C(Cl)=C(Nc3cccc(C(=O)Nc4ccc(Oc5ccccc5)cc4)c3)C2=O)cc1. The molecule has 0 radical (unpaired) electrons. The second-order valence-electron chi connectivity index (χ2n) is 8.43. The number of imide groups is 1. The molecule has 194 valence electrons. The Hall–Kier alpha value is -5.08. The molecule has 1 aliphatic rings. The van der Waals surface area contributed by atoms with Gasteiger partial charge in [-0.25, -0.2) is 4.90 Å². The van der Waals surface area contributed by atoms with Gasteiger partial charge in [-0.3, -0.25) is 14.4 Å². The quantitative estimate of drug-likeness (QED) is 0.260. The largest absolute Gasteiger partial charge is 0.497 e. The second-order valence-corrected chi connectivity index (χ2v) is 8.81. The molecule has 0 bridgehead atoms. The van der Waals surface area contributed by atoms with Crippen LogP contribution in [0, 0.1) is 0 Å². The number of benzene rings is 4. The number of hydrogen-bond donors (Lipinski definition) is 2. The standard InChI is InChI=1S/C30H22ClN3O5/c1-38-23-16-12-22(13-17-23)34-29(36)26(31)27(30(34)37)32-21-7-5-6-19(18-21)28(35)33-20-10-14-25(15-11-20)39-24-8-3-2-4-9-24/h2-18,32H,1H3,(H,33,35). The first-order chi connectivity index (χ1) is 18.9. The van der Waals surface area contributed by atoms with Crippen LogP contribution in [0.15, 0.2) is 114 Å². The van der Waals surface area contributed by atoms with Gasteiger partial charge < -0.3 is 20.1 Å². The lowest BCUT2D eigenvalue weighted by Gasteiger charge is -2.15. The summed E-state index contributed by atoms with van der Waals surface area (Å²) < 4.78 is 10.9. The summed E-state index contributed by atoms with van der Waals surface area (Å²) in [7, 11) is 1.52. The molecule has 0 aromatic heterocycles. The van der Waals surface area contributed by atoms with E-state index < -0.39 is 11.8 Å². The van der Waals surface area contributed by atoms with E-state index in [1.165, 1.54) is 7.11 Å². The van der Waals surface area contributed by atoms with E-state index in [1.54, 1.807) is 72.8 Å². The van der Waals surface area contributed by atoms with E-state index in [1.807, 2.05) is 30.3 Å². The highest BCUT2D eigenvalue weighted by Gasteiger charge is 2.39.